The quantitative estimate of drug-likeness (QED) is 0.779. The summed E-state index contributed by atoms with van der Waals surface area (Å²) < 4.78 is 1.39. The molecule has 1 amide bonds. The lowest BCUT2D eigenvalue weighted by Crippen LogP contribution is -2.35. The molecule has 6 heteroatoms. The Kier molecular flexibility index (Phi) is 4.03. The van der Waals surface area contributed by atoms with Crippen LogP contribution in [-0.2, 0) is 7.05 Å². The lowest BCUT2D eigenvalue weighted by molar-refractivity contribution is 0.0992. The monoisotopic (exact) mass is 341 g/mol. The van der Waals surface area contributed by atoms with Crippen molar-refractivity contribution < 1.29 is 4.79 Å². The van der Waals surface area contributed by atoms with Gasteiger partial charge in [-0.25, -0.2) is 0 Å². The highest BCUT2D eigenvalue weighted by molar-refractivity contribution is 6.37. The van der Waals surface area contributed by atoms with Gasteiger partial charge in [0.05, 0.1) is 16.2 Å². The number of amides is 1. The summed E-state index contributed by atoms with van der Waals surface area (Å²) in [5, 5.41) is 0.906. The van der Waals surface area contributed by atoms with E-state index in [-0.39, 0.29) is 11.3 Å². The molecule has 2 N–H and O–H groups in total. The number of aryl methyl sites for hydroxylation is 1. The fourth-order valence-corrected chi connectivity index (χ4v) is 2.99. The number of carbonyl (C=O) groups is 1. The SMILES string of the molecule is CN(C(=O)c1c(N)c2c(Cl)cccc2n(C)c1=O)c1ccccc1. The van der Waals surface area contributed by atoms with E-state index in [9.17, 15) is 9.59 Å². The van der Waals surface area contributed by atoms with Crippen LogP contribution in [0.5, 0.6) is 0 Å². The molecule has 0 spiro atoms. The smallest absolute Gasteiger partial charge is 0.265 e. The molecule has 0 bridgehead atoms. The van der Waals surface area contributed by atoms with Crippen LogP contribution in [0.15, 0.2) is 53.3 Å². The number of para-hydroxylation sites is 1. The summed E-state index contributed by atoms with van der Waals surface area (Å²) >= 11 is 6.24. The molecule has 0 aliphatic heterocycles. The van der Waals surface area contributed by atoms with Gasteiger partial charge in [0.25, 0.3) is 11.5 Å². The molecule has 3 aromatic rings. The Balaban J connectivity index is 2.25. The molecule has 2 aromatic carbocycles. The van der Waals surface area contributed by atoms with Crippen LogP contribution < -0.4 is 16.2 Å². The second-order valence-electron chi connectivity index (χ2n) is 5.49. The third kappa shape index (κ3) is 2.43. The van der Waals surface area contributed by atoms with Crippen molar-refractivity contribution in [2.45, 2.75) is 0 Å². The number of rotatable bonds is 2. The Hall–Kier alpha value is -2.79. The fourth-order valence-electron chi connectivity index (χ4n) is 2.72. The van der Waals surface area contributed by atoms with Crippen molar-refractivity contribution in [3.63, 3.8) is 0 Å². The van der Waals surface area contributed by atoms with E-state index in [2.05, 4.69) is 0 Å². The first-order chi connectivity index (χ1) is 11.4. The topological polar surface area (TPSA) is 68.3 Å². The predicted molar refractivity (Wildman–Crippen MR) is 97.8 cm³/mol. The Morgan fingerprint density at radius 3 is 2.46 bits per heavy atom. The largest absolute Gasteiger partial charge is 0.397 e. The van der Waals surface area contributed by atoms with Gasteiger partial charge in [0.1, 0.15) is 5.56 Å². The Morgan fingerprint density at radius 2 is 1.79 bits per heavy atom. The highest BCUT2D eigenvalue weighted by atomic mass is 35.5. The molecule has 24 heavy (non-hydrogen) atoms. The summed E-state index contributed by atoms with van der Waals surface area (Å²) in [6.07, 6.45) is 0. The highest BCUT2D eigenvalue weighted by Gasteiger charge is 2.24. The van der Waals surface area contributed by atoms with E-state index in [4.69, 9.17) is 17.3 Å². The van der Waals surface area contributed by atoms with Gasteiger partial charge in [-0.05, 0) is 24.3 Å². The van der Waals surface area contributed by atoms with Gasteiger partial charge in [-0.15, -0.1) is 0 Å². The summed E-state index contributed by atoms with van der Waals surface area (Å²) in [4.78, 5) is 27.0. The first kappa shape index (κ1) is 16.1. The molecule has 1 aromatic heterocycles. The van der Waals surface area contributed by atoms with E-state index in [0.717, 1.165) is 0 Å². The number of anilines is 2. The van der Waals surface area contributed by atoms with Gasteiger partial charge in [0, 0.05) is 25.2 Å². The number of fused-ring (bicyclic) bond motifs is 1. The minimum atomic E-state index is -0.471. The van der Waals surface area contributed by atoms with E-state index < -0.39 is 11.5 Å². The maximum atomic E-state index is 12.9. The number of aromatic nitrogens is 1. The maximum absolute atomic E-state index is 12.9. The van der Waals surface area contributed by atoms with E-state index in [1.165, 1.54) is 9.47 Å². The standard InChI is InChI=1S/C18H16ClN3O2/c1-21(11-7-4-3-5-8-11)17(23)15-16(20)14-12(19)9-6-10-13(14)22(2)18(15)24/h3-10H,20H2,1-2H3. The van der Waals surface area contributed by atoms with Crippen LogP contribution in [0, 0.1) is 0 Å². The number of nitrogen functional groups attached to an aromatic ring is 1. The van der Waals surface area contributed by atoms with Crippen LogP contribution >= 0.6 is 11.6 Å². The fraction of sp³-hybridized carbons (Fsp3) is 0.111. The van der Waals surface area contributed by atoms with Crippen LogP contribution in [0.4, 0.5) is 11.4 Å². The minimum Gasteiger partial charge on any atom is -0.397 e. The second-order valence-corrected chi connectivity index (χ2v) is 5.89. The van der Waals surface area contributed by atoms with Gasteiger partial charge in [-0.3, -0.25) is 9.59 Å². The van der Waals surface area contributed by atoms with Crippen LogP contribution in [0.1, 0.15) is 10.4 Å². The summed E-state index contributed by atoms with van der Waals surface area (Å²) in [6, 6.07) is 14.2. The summed E-state index contributed by atoms with van der Waals surface area (Å²) in [7, 11) is 3.20. The Morgan fingerprint density at radius 1 is 1.12 bits per heavy atom. The van der Waals surface area contributed by atoms with Crippen LogP contribution in [-0.4, -0.2) is 17.5 Å². The summed E-state index contributed by atoms with van der Waals surface area (Å²) in [5.41, 5.74) is 6.99. The molecule has 0 saturated carbocycles. The number of carbonyl (C=O) groups excluding carboxylic acids is 1. The van der Waals surface area contributed by atoms with E-state index in [1.54, 1.807) is 44.4 Å². The van der Waals surface area contributed by atoms with Crippen LogP contribution in [0.25, 0.3) is 10.9 Å². The highest BCUT2D eigenvalue weighted by Crippen LogP contribution is 2.30. The molecule has 0 radical (unpaired) electrons. The van der Waals surface area contributed by atoms with Gasteiger partial charge < -0.3 is 15.2 Å². The van der Waals surface area contributed by atoms with Gasteiger partial charge >= 0.3 is 0 Å². The zero-order valence-electron chi connectivity index (χ0n) is 13.3. The second kappa shape index (κ2) is 6.02. The van der Waals surface area contributed by atoms with Crippen molar-refractivity contribution in [3.05, 3.63) is 69.5 Å². The van der Waals surface area contributed by atoms with E-state index in [0.29, 0.717) is 21.6 Å². The molecule has 0 fully saturated rings. The molecule has 0 atom stereocenters. The van der Waals surface area contributed by atoms with Gasteiger partial charge in [0.15, 0.2) is 0 Å². The van der Waals surface area contributed by atoms with Crippen molar-refractivity contribution in [2.24, 2.45) is 7.05 Å². The Labute approximate surface area is 143 Å². The van der Waals surface area contributed by atoms with Crippen molar-refractivity contribution >= 4 is 39.8 Å². The third-order valence-electron chi connectivity index (χ3n) is 4.07. The molecule has 0 unspecified atom stereocenters. The van der Waals surface area contributed by atoms with E-state index in [1.807, 2.05) is 18.2 Å². The average molecular weight is 342 g/mol. The predicted octanol–water partition coefficient (Wildman–Crippen LogP) is 3.05. The van der Waals surface area contributed by atoms with Crippen LogP contribution in [0.3, 0.4) is 0 Å². The molecule has 0 aliphatic carbocycles. The summed E-state index contributed by atoms with van der Waals surface area (Å²) in [5.74, 6) is -0.471. The van der Waals surface area contributed by atoms with E-state index >= 15 is 0 Å². The van der Waals surface area contributed by atoms with Gasteiger partial charge in [-0.2, -0.15) is 0 Å². The molecular weight excluding hydrogens is 326 g/mol. The molecule has 0 aliphatic rings. The molecule has 5 nitrogen and oxygen atoms in total. The zero-order valence-corrected chi connectivity index (χ0v) is 14.0. The third-order valence-corrected chi connectivity index (χ3v) is 4.39. The minimum absolute atomic E-state index is 0.0792. The number of benzene rings is 2. The Bertz CT molecular complexity index is 997. The van der Waals surface area contributed by atoms with Crippen molar-refractivity contribution in [1.29, 1.82) is 0 Å². The molecule has 0 saturated heterocycles. The molecule has 1 heterocycles. The summed E-state index contributed by atoms with van der Waals surface area (Å²) in [6.45, 7) is 0. The van der Waals surface area contributed by atoms with Crippen molar-refractivity contribution in [1.82, 2.24) is 4.57 Å². The zero-order chi connectivity index (χ0) is 17.4. The molecule has 122 valence electrons. The lowest BCUT2D eigenvalue weighted by atomic mass is 10.1. The maximum Gasteiger partial charge on any atom is 0.265 e. The number of halogens is 1. The number of nitrogens with two attached hydrogens (primary N) is 1. The average Bonchev–Trinajstić information content (AvgIpc) is 2.59. The lowest BCUT2D eigenvalue weighted by Gasteiger charge is -2.19. The van der Waals surface area contributed by atoms with Crippen molar-refractivity contribution in [3.8, 4) is 0 Å². The van der Waals surface area contributed by atoms with Crippen molar-refractivity contribution in [2.75, 3.05) is 17.7 Å². The van der Waals surface area contributed by atoms with Gasteiger partial charge in [0.2, 0.25) is 0 Å². The molecule has 3 rings (SSSR count). The number of hydrogen-bond donors (Lipinski definition) is 1. The number of pyridine rings is 1. The number of hydrogen-bond acceptors (Lipinski definition) is 3. The van der Waals surface area contributed by atoms with Gasteiger partial charge in [-0.1, -0.05) is 35.9 Å². The first-order valence-corrected chi connectivity index (χ1v) is 7.71. The normalized spacial score (nSPS) is 10.8. The van der Waals surface area contributed by atoms with Crippen LogP contribution in [0.2, 0.25) is 5.02 Å². The molecular formula is C18H16ClN3O2. The first-order valence-electron chi connectivity index (χ1n) is 7.33. The number of nitrogens with zero attached hydrogens (tertiary/aromatic N) is 2.